The van der Waals surface area contributed by atoms with Gasteiger partial charge >= 0.3 is 0 Å². The molecule has 0 saturated carbocycles. The summed E-state index contributed by atoms with van der Waals surface area (Å²) < 4.78 is 9.91. The normalized spacial score (nSPS) is 11.4. The Kier molecular flexibility index (Phi) is 4.22. The molecule has 0 unspecified atom stereocenters. The van der Waals surface area contributed by atoms with E-state index in [-0.39, 0.29) is 6.73 Å². The molecule has 7 nitrogen and oxygen atoms in total. The van der Waals surface area contributed by atoms with Gasteiger partial charge in [-0.15, -0.1) is 5.10 Å². The van der Waals surface area contributed by atoms with Crippen LogP contribution in [0, 0.1) is 0 Å². The van der Waals surface area contributed by atoms with Crippen molar-refractivity contribution in [3.8, 4) is 17.3 Å². The molecule has 0 radical (unpaired) electrons. The van der Waals surface area contributed by atoms with E-state index in [1.165, 1.54) is 0 Å². The van der Waals surface area contributed by atoms with Crippen molar-refractivity contribution in [1.29, 1.82) is 0 Å². The Hall–Kier alpha value is -2.97. The minimum absolute atomic E-state index is 0.248. The Labute approximate surface area is 172 Å². The minimum atomic E-state index is 0.248. The number of benzene rings is 2. The molecule has 0 atom stereocenters. The van der Waals surface area contributed by atoms with Crippen LogP contribution in [0.25, 0.3) is 28.1 Å². The predicted molar refractivity (Wildman–Crippen MR) is 109 cm³/mol. The number of nitrogens with zero attached hydrogens (tertiary/aromatic N) is 6. The topological polar surface area (TPSA) is 70.1 Å². The number of aromatic nitrogens is 6. The molecule has 0 fully saturated rings. The van der Waals surface area contributed by atoms with Gasteiger partial charge in [0.25, 0.3) is 0 Å². The lowest BCUT2D eigenvalue weighted by Gasteiger charge is -2.08. The Morgan fingerprint density at radius 1 is 1.07 bits per heavy atom. The van der Waals surface area contributed by atoms with E-state index in [0.717, 1.165) is 21.0 Å². The average molecular weight is 456 g/mol. The lowest BCUT2D eigenvalue weighted by Crippen LogP contribution is -2.06. The van der Waals surface area contributed by atoms with Crippen molar-refractivity contribution in [3.05, 3.63) is 70.6 Å². The second-order valence-corrected chi connectivity index (χ2v) is 7.34. The van der Waals surface area contributed by atoms with Crippen molar-refractivity contribution >= 4 is 44.1 Å². The molecule has 3 heterocycles. The first-order valence-corrected chi connectivity index (χ1v) is 9.56. The molecule has 0 N–H and O–H groups in total. The predicted octanol–water partition coefficient (Wildman–Crippen LogP) is 4.59. The Morgan fingerprint density at radius 3 is 2.86 bits per heavy atom. The zero-order valence-electron chi connectivity index (χ0n) is 14.3. The van der Waals surface area contributed by atoms with Crippen LogP contribution in [-0.2, 0) is 6.73 Å². The van der Waals surface area contributed by atoms with Gasteiger partial charge in [0, 0.05) is 16.6 Å². The largest absolute Gasteiger partial charge is 0.470 e. The van der Waals surface area contributed by atoms with Crippen molar-refractivity contribution in [2.75, 3.05) is 0 Å². The summed E-state index contributed by atoms with van der Waals surface area (Å²) in [5, 5.41) is 10.6. The number of halogens is 2. The summed E-state index contributed by atoms with van der Waals surface area (Å²) in [6.45, 7) is 0.248. The summed E-state index contributed by atoms with van der Waals surface area (Å²) in [5.74, 6) is 1.22. The quantitative estimate of drug-likeness (QED) is 0.396. The number of para-hydroxylation sites is 1. The first-order valence-electron chi connectivity index (χ1n) is 8.39. The summed E-state index contributed by atoms with van der Waals surface area (Å²) >= 11 is 9.39. The fraction of sp³-hybridized carbons (Fsp3) is 0.0526. The number of fused-ring (bicyclic) bond motifs is 3. The fourth-order valence-electron chi connectivity index (χ4n) is 2.87. The first-order chi connectivity index (χ1) is 13.7. The molecule has 2 aromatic carbocycles. The van der Waals surface area contributed by atoms with Gasteiger partial charge in [0.05, 0.1) is 9.99 Å². The molecule has 5 aromatic rings. The van der Waals surface area contributed by atoms with Gasteiger partial charge in [-0.2, -0.15) is 5.10 Å². The maximum absolute atomic E-state index is 5.95. The number of ether oxygens (including phenoxy) is 1. The molecule has 0 bridgehead atoms. The molecule has 0 saturated heterocycles. The molecule has 138 valence electrons. The minimum Gasteiger partial charge on any atom is -0.470 e. The molecular formula is C19H12BrClN6O. The van der Waals surface area contributed by atoms with Crippen molar-refractivity contribution in [2.45, 2.75) is 6.73 Å². The van der Waals surface area contributed by atoms with Crippen LogP contribution in [0.3, 0.4) is 0 Å². The van der Waals surface area contributed by atoms with Crippen LogP contribution in [0.5, 0.6) is 5.75 Å². The van der Waals surface area contributed by atoms with E-state index in [1.54, 1.807) is 33.7 Å². The van der Waals surface area contributed by atoms with Crippen LogP contribution in [-0.4, -0.2) is 29.4 Å². The molecular weight excluding hydrogens is 444 g/mol. The summed E-state index contributed by atoms with van der Waals surface area (Å²) in [6, 6.07) is 15.0. The van der Waals surface area contributed by atoms with E-state index in [9.17, 15) is 0 Å². The third-order valence-corrected chi connectivity index (χ3v) is 5.05. The van der Waals surface area contributed by atoms with Gasteiger partial charge in [-0.25, -0.2) is 19.2 Å². The van der Waals surface area contributed by atoms with Gasteiger partial charge in [0.15, 0.2) is 12.4 Å². The molecule has 28 heavy (non-hydrogen) atoms. The van der Waals surface area contributed by atoms with Gasteiger partial charge in [0.1, 0.15) is 17.8 Å². The van der Waals surface area contributed by atoms with E-state index in [1.807, 2.05) is 36.5 Å². The molecule has 3 aromatic heterocycles. The third-order valence-electron chi connectivity index (χ3n) is 4.20. The van der Waals surface area contributed by atoms with E-state index < -0.39 is 0 Å². The molecule has 5 rings (SSSR count). The van der Waals surface area contributed by atoms with Gasteiger partial charge in [-0.05, 0) is 52.3 Å². The molecule has 0 aliphatic heterocycles. The lowest BCUT2D eigenvalue weighted by atomic mass is 10.2. The highest BCUT2D eigenvalue weighted by Gasteiger charge is 2.12. The van der Waals surface area contributed by atoms with Gasteiger partial charge in [0.2, 0.25) is 5.82 Å². The smallest absolute Gasteiger partial charge is 0.202 e. The van der Waals surface area contributed by atoms with Crippen LogP contribution in [0.1, 0.15) is 0 Å². The van der Waals surface area contributed by atoms with Crippen LogP contribution >= 0.6 is 27.5 Å². The van der Waals surface area contributed by atoms with Crippen molar-refractivity contribution in [3.63, 3.8) is 0 Å². The fourth-order valence-corrected chi connectivity index (χ4v) is 3.67. The highest BCUT2D eigenvalue weighted by Crippen LogP contribution is 2.28. The maximum Gasteiger partial charge on any atom is 0.202 e. The van der Waals surface area contributed by atoms with Crippen LogP contribution < -0.4 is 4.74 Å². The van der Waals surface area contributed by atoms with Gasteiger partial charge < -0.3 is 4.74 Å². The summed E-state index contributed by atoms with van der Waals surface area (Å²) in [5.41, 5.74) is 2.28. The van der Waals surface area contributed by atoms with Gasteiger partial charge in [-0.3, -0.25) is 0 Å². The maximum atomic E-state index is 5.95. The van der Waals surface area contributed by atoms with Crippen LogP contribution in [0.4, 0.5) is 0 Å². The third kappa shape index (κ3) is 3.10. The molecule has 9 heteroatoms. The number of hydrogen-bond acceptors (Lipinski definition) is 5. The number of rotatable bonds is 4. The first kappa shape index (κ1) is 17.2. The van der Waals surface area contributed by atoms with E-state index >= 15 is 0 Å². The van der Waals surface area contributed by atoms with Crippen molar-refractivity contribution < 1.29 is 4.74 Å². The number of hydrogen-bond donors (Lipinski definition) is 0. The molecule has 0 spiro atoms. The highest BCUT2D eigenvalue weighted by atomic mass is 79.9. The van der Waals surface area contributed by atoms with Crippen molar-refractivity contribution in [2.24, 2.45) is 0 Å². The summed E-state index contributed by atoms with van der Waals surface area (Å²) in [7, 11) is 0. The van der Waals surface area contributed by atoms with E-state index in [2.05, 4.69) is 36.1 Å². The summed E-state index contributed by atoms with van der Waals surface area (Å²) in [6.07, 6.45) is 3.48. The monoisotopic (exact) mass is 454 g/mol. The average Bonchev–Trinajstić information content (AvgIpc) is 3.34. The Balaban J connectivity index is 1.42. The SMILES string of the molecule is Clc1ccc(OCn2ccc(-c3nc4c5ccccc5ncn4n3)n2)c(Br)c1. The molecule has 0 aliphatic carbocycles. The van der Waals surface area contributed by atoms with Crippen LogP contribution in [0.2, 0.25) is 5.02 Å². The van der Waals surface area contributed by atoms with Crippen molar-refractivity contribution in [1.82, 2.24) is 29.4 Å². The van der Waals surface area contributed by atoms with Gasteiger partial charge in [-0.1, -0.05) is 23.7 Å². The summed E-state index contributed by atoms with van der Waals surface area (Å²) in [4.78, 5) is 9.04. The molecule has 0 amide bonds. The second-order valence-electron chi connectivity index (χ2n) is 6.05. The van der Waals surface area contributed by atoms with Crippen LogP contribution in [0.15, 0.2) is 65.5 Å². The highest BCUT2D eigenvalue weighted by molar-refractivity contribution is 9.10. The second kappa shape index (κ2) is 6.88. The van der Waals surface area contributed by atoms with E-state index in [0.29, 0.717) is 22.3 Å². The zero-order valence-corrected chi connectivity index (χ0v) is 16.7. The standard InChI is InChI=1S/C19H12BrClN6O/c20-14-9-12(21)5-6-17(14)28-11-26-8-7-16(24-26)18-23-19-13-3-1-2-4-15(13)22-10-27(19)25-18/h1-10H,11H2. The Bertz CT molecular complexity index is 1310. The van der Waals surface area contributed by atoms with E-state index in [4.69, 9.17) is 16.3 Å². The zero-order chi connectivity index (χ0) is 19.1. The lowest BCUT2D eigenvalue weighted by molar-refractivity contribution is 0.220. The molecule has 0 aliphatic rings. The Morgan fingerprint density at radius 2 is 1.96 bits per heavy atom.